The highest BCUT2D eigenvalue weighted by Crippen LogP contribution is 2.34. The van der Waals surface area contributed by atoms with E-state index in [1.807, 2.05) is 0 Å². The highest BCUT2D eigenvalue weighted by Gasteiger charge is 2.44. The van der Waals surface area contributed by atoms with Gasteiger partial charge in [0.05, 0.1) is 13.7 Å². The van der Waals surface area contributed by atoms with E-state index in [1.54, 1.807) is 52.1 Å². The van der Waals surface area contributed by atoms with Crippen LogP contribution < -0.4 is 4.74 Å². The molecule has 2 atom stereocenters. The molecule has 1 aromatic rings. The molecular formula is C17H25NO5. The van der Waals surface area contributed by atoms with Crippen molar-refractivity contribution in [2.45, 2.75) is 44.5 Å². The predicted octanol–water partition coefficient (Wildman–Crippen LogP) is 1.88. The Bertz CT molecular complexity index is 551. The molecule has 1 amide bonds. The number of ether oxygens (including phenoxy) is 2. The molecule has 128 valence electrons. The maximum absolute atomic E-state index is 12.1. The van der Waals surface area contributed by atoms with Crippen LogP contribution in [0.15, 0.2) is 24.3 Å². The smallest absolute Gasteiger partial charge is 0.410 e. The number of carbonyl (C=O) groups excluding carboxylic acids is 1. The summed E-state index contributed by atoms with van der Waals surface area (Å²) in [5.74, 6) is 0.679. The fourth-order valence-corrected chi connectivity index (χ4v) is 2.63. The number of aliphatic hydroxyl groups excluding tert-OH is 1. The van der Waals surface area contributed by atoms with E-state index in [0.29, 0.717) is 17.9 Å². The Morgan fingerprint density at radius 2 is 1.91 bits per heavy atom. The molecule has 0 aliphatic carbocycles. The van der Waals surface area contributed by atoms with Crippen LogP contribution in [0.25, 0.3) is 0 Å². The number of rotatable bonds is 2. The molecule has 1 aliphatic heterocycles. The van der Waals surface area contributed by atoms with Crippen molar-refractivity contribution in [1.82, 2.24) is 4.90 Å². The number of likely N-dealkylation sites (tertiary alicyclic amines) is 1. The number of methoxy groups -OCH3 is 1. The number of aliphatic hydroxyl groups is 2. The number of piperidine rings is 1. The van der Waals surface area contributed by atoms with Crippen LogP contribution in [0.1, 0.15) is 32.8 Å². The van der Waals surface area contributed by atoms with Gasteiger partial charge in [0, 0.05) is 13.0 Å². The Balaban J connectivity index is 2.09. The molecule has 0 saturated carbocycles. The van der Waals surface area contributed by atoms with E-state index < -0.39 is 23.4 Å². The van der Waals surface area contributed by atoms with Gasteiger partial charge in [-0.1, -0.05) is 12.1 Å². The first-order valence-corrected chi connectivity index (χ1v) is 7.68. The third-order valence-electron chi connectivity index (χ3n) is 3.95. The SMILES string of the molecule is COc1ccc([C@@]2(O)CCN(C(=O)OC(C)(C)C)C[C@@H]2O)cc1. The standard InChI is InChI=1S/C17H25NO5/c1-16(2,3)23-15(20)18-10-9-17(21,14(19)11-18)12-5-7-13(22-4)8-6-12/h5-8,14,19,21H,9-11H2,1-4H3/t14-,17-/m0/s1. The Hall–Kier alpha value is -1.79. The lowest BCUT2D eigenvalue weighted by Crippen LogP contribution is -2.55. The Labute approximate surface area is 136 Å². The van der Waals surface area contributed by atoms with Crippen LogP contribution in [-0.4, -0.2) is 53.1 Å². The third kappa shape index (κ3) is 3.95. The van der Waals surface area contributed by atoms with Gasteiger partial charge in [0.25, 0.3) is 0 Å². The van der Waals surface area contributed by atoms with Gasteiger partial charge in [-0.2, -0.15) is 0 Å². The van der Waals surface area contributed by atoms with E-state index in [9.17, 15) is 15.0 Å². The number of nitrogens with zero attached hydrogens (tertiary/aromatic N) is 1. The van der Waals surface area contributed by atoms with E-state index in [4.69, 9.17) is 9.47 Å². The van der Waals surface area contributed by atoms with Crippen molar-refractivity contribution in [3.05, 3.63) is 29.8 Å². The molecule has 2 rings (SSSR count). The number of carbonyl (C=O) groups is 1. The zero-order valence-electron chi connectivity index (χ0n) is 14.1. The van der Waals surface area contributed by atoms with Crippen LogP contribution in [0.5, 0.6) is 5.75 Å². The molecule has 1 aromatic carbocycles. The van der Waals surface area contributed by atoms with Gasteiger partial charge in [-0.05, 0) is 38.5 Å². The number of hydrogen-bond donors (Lipinski definition) is 2. The van der Waals surface area contributed by atoms with Crippen molar-refractivity contribution in [3.63, 3.8) is 0 Å². The monoisotopic (exact) mass is 323 g/mol. The highest BCUT2D eigenvalue weighted by molar-refractivity contribution is 5.68. The zero-order chi connectivity index (χ0) is 17.3. The van der Waals surface area contributed by atoms with Gasteiger partial charge in [-0.15, -0.1) is 0 Å². The molecule has 2 N–H and O–H groups in total. The summed E-state index contributed by atoms with van der Waals surface area (Å²) in [6, 6.07) is 6.93. The fraction of sp³-hybridized carbons (Fsp3) is 0.588. The number of amides is 1. The summed E-state index contributed by atoms with van der Waals surface area (Å²) in [4.78, 5) is 13.5. The molecule has 0 unspecified atom stereocenters. The minimum absolute atomic E-state index is 0.0252. The van der Waals surface area contributed by atoms with Crippen molar-refractivity contribution >= 4 is 6.09 Å². The topological polar surface area (TPSA) is 79.2 Å². The first-order valence-electron chi connectivity index (χ1n) is 7.68. The van der Waals surface area contributed by atoms with Gasteiger partial charge < -0.3 is 24.6 Å². The van der Waals surface area contributed by atoms with Crippen LogP contribution in [0.4, 0.5) is 4.79 Å². The Kier molecular flexibility index (Phi) is 4.87. The molecule has 6 heteroatoms. The molecule has 23 heavy (non-hydrogen) atoms. The Morgan fingerprint density at radius 3 is 2.39 bits per heavy atom. The van der Waals surface area contributed by atoms with Crippen molar-refractivity contribution in [3.8, 4) is 5.75 Å². The normalized spacial score (nSPS) is 25.1. The van der Waals surface area contributed by atoms with Gasteiger partial charge >= 0.3 is 6.09 Å². The second kappa shape index (κ2) is 6.37. The van der Waals surface area contributed by atoms with E-state index >= 15 is 0 Å². The minimum atomic E-state index is -1.38. The van der Waals surface area contributed by atoms with Crippen LogP contribution in [0, 0.1) is 0 Å². The summed E-state index contributed by atoms with van der Waals surface area (Å²) >= 11 is 0. The summed E-state index contributed by atoms with van der Waals surface area (Å²) in [6.45, 7) is 5.71. The molecule has 0 aromatic heterocycles. The van der Waals surface area contributed by atoms with Crippen molar-refractivity contribution in [2.24, 2.45) is 0 Å². The molecule has 1 aliphatic rings. The molecular weight excluding hydrogens is 298 g/mol. The van der Waals surface area contributed by atoms with Gasteiger partial charge in [0.1, 0.15) is 23.1 Å². The van der Waals surface area contributed by atoms with Crippen LogP contribution >= 0.6 is 0 Å². The lowest BCUT2D eigenvalue weighted by molar-refractivity contribution is -0.123. The molecule has 6 nitrogen and oxygen atoms in total. The van der Waals surface area contributed by atoms with Crippen LogP contribution in [0.3, 0.4) is 0 Å². The molecule has 0 spiro atoms. The van der Waals surface area contributed by atoms with Gasteiger partial charge in [0.15, 0.2) is 0 Å². The number of benzene rings is 1. The van der Waals surface area contributed by atoms with Crippen LogP contribution in [-0.2, 0) is 10.3 Å². The summed E-state index contributed by atoms with van der Waals surface area (Å²) in [7, 11) is 1.57. The zero-order valence-corrected chi connectivity index (χ0v) is 14.1. The molecule has 1 saturated heterocycles. The molecule has 0 bridgehead atoms. The summed E-state index contributed by atoms with van der Waals surface area (Å²) in [5.41, 5.74) is -1.37. The second-order valence-corrected chi connectivity index (χ2v) is 6.84. The van der Waals surface area contributed by atoms with E-state index in [1.165, 1.54) is 4.90 Å². The van der Waals surface area contributed by atoms with Crippen molar-refractivity contribution < 1.29 is 24.5 Å². The van der Waals surface area contributed by atoms with E-state index in [-0.39, 0.29) is 13.0 Å². The summed E-state index contributed by atoms with van der Waals surface area (Å²) in [5, 5.41) is 21.2. The average molecular weight is 323 g/mol. The number of β-amino-alcohol motifs (C(OH)–C–C–N with tert-alkyl or cyclic N) is 1. The van der Waals surface area contributed by atoms with Crippen molar-refractivity contribution in [2.75, 3.05) is 20.2 Å². The largest absolute Gasteiger partial charge is 0.497 e. The lowest BCUT2D eigenvalue weighted by Gasteiger charge is -2.42. The summed E-state index contributed by atoms with van der Waals surface area (Å²) in [6.07, 6.45) is -1.33. The molecule has 1 heterocycles. The molecule has 0 radical (unpaired) electrons. The molecule has 1 fully saturated rings. The highest BCUT2D eigenvalue weighted by atomic mass is 16.6. The first kappa shape index (κ1) is 17.6. The quantitative estimate of drug-likeness (QED) is 0.869. The van der Waals surface area contributed by atoms with Gasteiger partial charge in [-0.3, -0.25) is 0 Å². The van der Waals surface area contributed by atoms with E-state index in [0.717, 1.165) is 0 Å². The van der Waals surface area contributed by atoms with Gasteiger partial charge in [0.2, 0.25) is 0 Å². The Morgan fingerprint density at radius 1 is 1.30 bits per heavy atom. The third-order valence-corrected chi connectivity index (χ3v) is 3.95. The minimum Gasteiger partial charge on any atom is -0.497 e. The maximum atomic E-state index is 12.1. The first-order chi connectivity index (χ1) is 10.7. The average Bonchev–Trinajstić information content (AvgIpc) is 2.48. The summed E-state index contributed by atoms with van der Waals surface area (Å²) < 4.78 is 10.4. The van der Waals surface area contributed by atoms with Gasteiger partial charge in [-0.25, -0.2) is 4.79 Å². The van der Waals surface area contributed by atoms with Crippen molar-refractivity contribution in [1.29, 1.82) is 0 Å². The van der Waals surface area contributed by atoms with Crippen LogP contribution in [0.2, 0.25) is 0 Å². The predicted molar refractivity (Wildman–Crippen MR) is 85.3 cm³/mol. The number of hydrogen-bond acceptors (Lipinski definition) is 5. The van der Waals surface area contributed by atoms with E-state index in [2.05, 4.69) is 0 Å². The maximum Gasteiger partial charge on any atom is 0.410 e. The lowest BCUT2D eigenvalue weighted by atomic mass is 9.82. The fourth-order valence-electron chi connectivity index (χ4n) is 2.63. The second-order valence-electron chi connectivity index (χ2n) is 6.84.